The van der Waals surface area contributed by atoms with Crippen LogP contribution in [0.25, 0.3) is 16.5 Å². The monoisotopic (exact) mass is 346 g/mol. The fraction of sp³-hybridized carbons (Fsp3) is 0.136. The lowest BCUT2D eigenvalue weighted by atomic mass is 10.1. The van der Waals surface area contributed by atoms with E-state index in [1.165, 1.54) is 0 Å². The highest BCUT2D eigenvalue weighted by atomic mass is 16.5. The average molecular weight is 346 g/mol. The lowest BCUT2D eigenvalue weighted by molar-refractivity contribution is -0.123. The van der Waals surface area contributed by atoms with Gasteiger partial charge >= 0.3 is 0 Å². The van der Waals surface area contributed by atoms with E-state index in [4.69, 9.17) is 4.74 Å². The summed E-state index contributed by atoms with van der Waals surface area (Å²) in [6.45, 7) is 7.83. The van der Waals surface area contributed by atoms with Gasteiger partial charge in [0.05, 0.1) is 5.70 Å². The van der Waals surface area contributed by atoms with Gasteiger partial charge in [0.2, 0.25) is 0 Å². The zero-order chi connectivity index (χ0) is 18.5. The van der Waals surface area contributed by atoms with Crippen molar-refractivity contribution in [3.05, 3.63) is 83.9 Å². The molecule has 0 aliphatic rings. The van der Waals surface area contributed by atoms with E-state index in [-0.39, 0.29) is 12.5 Å². The van der Waals surface area contributed by atoms with Gasteiger partial charge in [-0.05, 0) is 47.4 Å². The number of amides is 1. The van der Waals surface area contributed by atoms with Crippen molar-refractivity contribution < 1.29 is 9.53 Å². The second kappa shape index (κ2) is 7.74. The van der Waals surface area contributed by atoms with Crippen molar-refractivity contribution in [2.45, 2.75) is 13.8 Å². The van der Waals surface area contributed by atoms with E-state index < -0.39 is 0 Å². The molecule has 2 N–H and O–H groups in total. The molecule has 3 aromatic rings. The van der Waals surface area contributed by atoms with Crippen LogP contribution in [0.4, 0.5) is 0 Å². The minimum atomic E-state index is -0.269. The van der Waals surface area contributed by atoms with E-state index in [9.17, 15) is 4.79 Å². The molecule has 0 spiro atoms. The molecule has 0 heterocycles. The van der Waals surface area contributed by atoms with Crippen LogP contribution >= 0.6 is 0 Å². The summed E-state index contributed by atoms with van der Waals surface area (Å²) in [5.41, 5.74) is 9.03. The molecule has 0 saturated heterocycles. The maximum atomic E-state index is 12.0. The van der Waals surface area contributed by atoms with E-state index in [0.29, 0.717) is 5.70 Å². The van der Waals surface area contributed by atoms with Gasteiger partial charge in [-0.3, -0.25) is 15.6 Å². The average Bonchev–Trinajstić information content (AvgIpc) is 2.65. The van der Waals surface area contributed by atoms with Crippen molar-refractivity contribution in [3.8, 4) is 5.75 Å². The molecular weight excluding hydrogens is 324 g/mol. The Kier molecular flexibility index (Phi) is 5.23. The van der Waals surface area contributed by atoms with Gasteiger partial charge in [-0.25, -0.2) is 0 Å². The van der Waals surface area contributed by atoms with Crippen molar-refractivity contribution in [1.29, 1.82) is 0 Å². The molecule has 0 aliphatic carbocycles. The molecule has 1 amide bonds. The van der Waals surface area contributed by atoms with Crippen molar-refractivity contribution in [3.63, 3.8) is 0 Å². The smallest absolute Gasteiger partial charge is 0.276 e. The molecule has 0 atom stereocenters. The quantitative estimate of drug-likeness (QED) is 0.660. The van der Waals surface area contributed by atoms with Crippen LogP contribution in [-0.2, 0) is 4.79 Å². The molecule has 0 unspecified atom stereocenters. The van der Waals surface area contributed by atoms with Crippen LogP contribution in [0.5, 0.6) is 5.75 Å². The summed E-state index contributed by atoms with van der Waals surface area (Å²) < 4.78 is 5.64. The summed E-state index contributed by atoms with van der Waals surface area (Å²) in [7, 11) is 0. The Hall–Kier alpha value is -3.27. The number of carbonyl (C=O) groups excluding carboxylic acids is 1. The number of nitrogens with one attached hydrogen (secondary N) is 2. The van der Waals surface area contributed by atoms with Gasteiger partial charge in [0.25, 0.3) is 5.91 Å². The Labute approximate surface area is 153 Å². The minimum absolute atomic E-state index is 0.0658. The van der Waals surface area contributed by atoms with Crippen LogP contribution in [0.1, 0.15) is 16.7 Å². The molecule has 3 rings (SSSR count). The van der Waals surface area contributed by atoms with Gasteiger partial charge in [0, 0.05) is 0 Å². The Morgan fingerprint density at radius 2 is 1.62 bits per heavy atom. The third-order valence-electron chi connectivity index (χ3n) is 4.21. The summed E-state index contributed by atoms with van der Waals surface area (Å²) in [5.74, 6) is 0.477. The van der Waals surface area contributed by atoms with E-state index in [2.05, 4.69) is 23.5 Å². The number of benzene rings is 3. The van der Waals surface area contributed by atoms with Crippen LogP contribution < -0.4 is 15.6 Å². The molecule has 0 radical (unpaired) electrons. The highest BCUT2D eigenvalue weighted by molar-refractivity contribution is 5.86. The molecule has 4 nitrogen and oxygen atoms in total. The Morgan fingerprint density at radius 3 is 2.35 bits per heavy atom. The maximum absolute atomic E-state index is 12.0. The first-order valence-corrected chi connectivity index (χ1v) is 8.46. The molecule has 0 aliphatic heterocycles. The maximum Gasteiger partial charge on any atom is 0.276 e. The Bertz CT molecular complexity index is 943. The Morgan fingerprint density at radius 1 is 0.923 bits per heavy atom. The summed E-state index contributed by atoms with van der Waals surface area (Å²) in [5, 5.41) is 2.28. The first-order valence-electron chi connectivity index (χ1n) is 8.46. The number of rotatable bonds is 6. The molecule has 3 aromatic carbocycles. The fourth-order valence-electron chi connectivity index (χ4n) is 2.79. The molecule has 132 valence electrons. The highest BCUT2D eigenvalue weighted by Crippen LogP contribution is 2.22. The molecular formula is C22H22N2O2. The number of hydrazine groups is 1. The van der Waals surface area contributed by atoms with Crippen molar-refractivity contribution in [1.82, 2.24) is 10.9 Å². The van der Waals surface area contributed by atoms with Gasteiger partial charge in [-0.15, -0.1) is 0 Å². The van der Waals surface area contributed by atoms with Crippen molar-refractivity contribution in [2.75, 3.05) is 6.61 Å². The Balaban J connectivity index is 1.55. The third-order valence-corrected chi connectivity index (χ3v) is 4.21. The van der Waals surface area contributed by atoms with E-state index in [1.807, 2.05) is 68.4 Å². The number of para-hydroxylation sites is 1. The number of ether oxygens (including phenoxy) is 1. The van der Waals surface area contributed by atoms with Gasteiger partial charge in [-0.2, -0.15) is 0 Å². The zero-order valence-corrected chi connectivity index (χ0v) is 15.0. The summed E-state index contributed by atoms with van der Waals surface area (Å²) in [4.78, 5) is 12.0. The van der Waals surface area contributed by atoms with Crippen LogP contribution in [0.15, 0.2) is 67.2 Å². The molecule has 0 saturated carbocycles. The topological polar surface area (TPSA) is 50.4 Å². The van der Waals surface area contributed by atoms with Gasteiger partial charge in [-0.1, -0.05) is 61.2 Å². The first kappa shape index (κ1) is 17.5. The molecule has 0 aromatic heterocycles. The number of aryl methyl sites for hydroxylation is 2. The predicted molar refractivity (Wildman–Crippen MR) is 106 cm³/mol. The molecule has 26 heavy (non-hydrogen) atoms. The standard InChI is InChI=1S/C22H22N2O2/c1-15-7-6-8-16(2)22(15)26-14-21(25)24-23-17(3)19-12-11-18-9-4-5-10-20(18)13-19/h4-13,23H,3,14H2,1-2H3,(H,24,25). The number of hydrogen-bond acceptors (Lipinski definition) is 3. The summed E-state index contributed by atoms with van der Waals surface area (Å²) >= 11 is 0. The van der Waals surface area contributed by atoms with Crippen LogP contribution in [0.2, 0.25) is 0 Å². The zero-order valence-electron chi connectivity index (χ0n) is 15.0. The molecule has 4 heteroatoms. The van der Waals surface area contributed by atoms with Crippen LogP contribution in [0.3, 0.4) is 0 Å². The first-order chi connectivity index (χ1) is 12.5. The lowest BCUT2D eigenvalue weighted by Crippen LogP contribution is -2.39. The number of carbonyl (C=O) groups is 1. The van der Waals surface area contributed by atoms with E-state index >= 15 is 0 Å². The van der Waals surface area contributed by atoms with Gasteiger partial charge in [0.1, 0.15) is 5.75 Å². The largest absolute Gasteiger partial charge is 0.483 e. The van der Waals surface area contributed by atoms with E-state index in [0.717, 1.165) is 33.2 Å². The van der Waals surface area contributed by atoms with Crippen LogP contribution in [-0.4, -0.2) is 12.5 Å². The number of fused-ring (bicyclic) bond motifs is 1. The van der Waals surface area contributed by atoms with E-state index in [1.54, 1.807) is 0 Å². The molecule has 0 fully saturated rings. The summed E-state index contributed by atoms with van der Waals surface area (Å²) in [6, 6.07) is 20.0. The second-order valence-electron chi connectivity index (χ2n) is 6.22. The number of hydrogen-bond donors (Lipinski definition) is 2. The minimum Gasteiger partial charge on any atom is -0.483 e. The predicted octanol–water partition coefficient (Wildman–Crippen LogP) is 4.13. The normalized spacial score (nSPS) is 10.4. The van der Waals surface area contributed by atoms with Gasteiger partial charge in [0.15, 0.2) is 6.61 Å². The molecule has 0 bridgehead atoms. The van der Waals surface area contributed by atoms with Crippen molar-refractivity contribution in [2.24, 2.45) is 0 Å². The SMILES string of the molecule is C=C(NNC(=O)COc1c(C)cccc1C)c1ccc2ccccc2c1. The highest BCUT2D eigenvalue weighted by Gasteiger charge is 2.08. The fourth-order valence-corrected chi connectivity index (χ4v) is 2.79. The van der Waals surface area contributed by atoms with Crippen molar-refractivity contribution >= 4 is 22.4 Å². The van der Waals surface area contributed by atoms with Gasteiger partial charge < -0.3 is 4.74 Å². The lowest BCUT2D eigenvalue weighted by Gasteiger charge is -2.14. The third kappa shape index (κ3) is 4.03. The summed E-state index contributed by atoms with van der Waals surface area (Å²) in [6.07, 6.45) is 0. The van der Waals surface area contributed by atoms with Crippen LogP contribution in [0, 0.1) is 13.8 Å². The second-order valence-corrected chi connectivity index (χ2v) is 6.22.